The molecule has 2 aliphatic rings. The summed E-state index contributed by atoms with van der Waals surface area (Å²) in [6.45, 7) is 8.20. The Balaban J connectivity index is 1.50. The molecule has 5 heteroatoms. The number of aromatic hydroxyl groups is 1. The molecule has 0 atom stereocenters. The van der Waals surface area contributed by atoms with Gasteiger partial charge in [-0.2, -0.15) is 0 Å². The number of hydrogen-bond acceptors (Lipinski definition) is 3. The molecule has 2 N–H and O–H groups in total. The Labute approximate surface area is 141 Å². The number of benzene rings is 1. The van der Waals surface area contributed by atoms with Gasteiger partial charge in [-0.05, 0) is 44.1 Å². The van der Waals surface area contributed by atoms with Gasteiger partial charge >= 0.3 is 0 Å². The second kappa shape index (κ2) is 7.30. The minimum atomic E-state index is 0.410. The zero-order valence-corrected chi connectivity index (χ0v) is 15.0. The first-order valence-corrected chi connectivity index (χ1v) is 9.16. The molecule has 0 spiro atoms. The van der Waals surface area contributed by atoms with E-state index in [1.165, 1.54) is 39.0 Å². The van der Waals surface area contributed by atoms with E-state index in [4.69, 9.17) is 0 Å². The maximum atomic E-state index is 9.99. The fraction of sp³-hybridized carbons (Fsp3) is 0.647. The zero-order valence-electron chi connectivity index (χ0n) is 13.4. The standard InChI is InChI=1S/C17H26BrN3O/c1-19-8-10-21(11-9-19)16-4-6-20(7-5-16)13-14-12-15(18)2-3-17(14)22/h2-3,12,16,22H,4-11,13H2,1H3/p+1. The molecular weight excluding hydrogens is 342 g/mol. The summed E-state index contributed by atoms with van der Waals surface area (Å²) in [6, 6.07) is 6.46. The lowest BCUT2D eigenvalue weighted by atomic mass is 10.0. The van der Waals surface area contributed by atoms with E-state index in [-0.39, 0.29) is 0 Å². The third kappa shape index (κ3) is 4.02. The highest BCUT2D eigenvalue weighted by molar-refractivity contribution is 9.10. The zero-order chi connectivity index (χ0) is 15.5. The Morgan fingerprint density at radius 1 is 1.18 bits per heavy atom. The van der Waals surface area contributed by atoms with Gasteiger partial charge in [0.15, 0.2) is 0 Å². The topological polar surface area (TPSA) is 31.2 Å². The Morgan fingerprint density at radius 2 is 1.86 bits per heavy atom. The number of likely N-dealkylation sites (N-methyl/N-ethyl adjacent to an activating group) is 1. The Hall–Kier alpha value is -0.620. The Morgan fingerprint density at radius 3 is 2.55 bits per heavy atom. The van der Waals surface area contributed by atoms with E-state index in [9.17, 15) is 5.11 Å². The molecule has 22 heavy (non-hydrogen) atoms. The highest BCUT2D eigenvalue weighted by Crippen LogP contribution is 2.25. The lowest BCUT2D eigenvalue weighted by Gasteiger charge is -2.40. The maximum Gasteiger partial charge on any atom is 0.120 e. The molecule has 2 saturated heterocycles. The van der Waals surface area contributed by atoms with Gasteiger partial charge in [-0.1, -0.05) is 15.9 Å². The molecule has 3 rings (SSSR count). The minimum Gasteiger partial charge on any atom is -0.508 e. The number of phenols is 1. The Kier molecular flexibility index (Phi) is 5.39. The van der Waals surface area contributed by atoms with Crippen LogP contribution in [0.3, 0.4) is 0 Å². The van der Waals surface area contributed by atoms with Crippen LogP contribution >= 0.6 is 15.9 Å². The number of quaternary nitrogens is 1. The van der Waals surface area contributed by atoms with Crippen molar-refractivity contribution in [2.24, 2.45) is 0 Å². The van der Waals surface area contributed by atoms with Crippen molar-refractivity contribution in [1.29, 1.82) is 0 Å². The quantitative estimate of drug-likeness (QED) is 0.832. The molecule has 2 fully saturated rings. The van der Waals surface area contributed by atoms with Crippen molar-refractivity contribution in [1.82, 2.24) is 9.80 Å². The molecule has 0 amide bonds. The van der Waals surface area contributed by atoms with Crippen molar-refractivity contribution in [3.63, 3.8) is 0 Å². The second-order valence-corrected chi connectivity index (χ2v) is 7.69. The number of nitrogens with zero attached hydrogens (tertiary/aromatic N) is 2. The first-order chi connectivity index (χ1) is 10.6. The van der Waals surface area contributed by atoms with Crippen molar-refractivity contribution in [3.8, 4) is 5.75 Å². The third-order valence-electron chi connectivity index (χ3n) is 5.16. The number of phenolic OH excluding ortho intramolecular Hbond substituents is 1. The van der Waals surface area contributed by atoms with Crippen LogP contribution < -0.4 is 4.90 Å². The molecule has 122 valence electrons. The molecule has 2 heterocycles. The van der Waals surface area contributed by atoms with Crippen LogP contribution in [0.15, 0.2) is 22.7 Å². The van der Waals surface area contributed by atoms with Gasteiger partial charge in [-0.3, -0.25) is 9.80 Å². The van der Waals surface area contributed by atoms with E-state index in [0.29, 0.717) is 5.75 Å². The lowest BCUT2D eigenvalue weighted by Crippen LogP contribution is -3.12. The predicted molar refractivity (Wildman–Crippen MR) is 92.3 cm³/mol. The van der Waals surface area contributed by atoms with Crippen molar-refractivity contribution in [2.75, 3.05) is 46.3 Å². The van der Waals surface area contributed by atoms with Crippen LogP contribution in [0.2, 0.25) is 0 Å². The fourth-order valence-electron chi connectivity index (χ4n) is 3.64. The summed E-state index contributed by atoms with van der Waals surface area (Å²) in [7, 11) is 2.30. The van der Waals surface area contributed by atoms with E-state index in [1.807, 2.05) is 12.1 Å². The molecule has 2 aliphatic heterocycles. The summed E-state index contributed by atoms with van der Waals surface area (Å²) < 4.78 is 1.04. The first kappa shape index (κ1) is 16.2. The van der Waals surface area contributed by atoms with Crippen LogP contribution in [0, 0.1) is 0 Å². The van der Waals surface area contributed by atoms with Crippen LogP contribution in [0.1, 0.15) is 18.4 Å². The summed E-state index contributed by atoms with van der Waals surface area (Å²) in [5.41, 5.74) is 1.02. The van der Waals surface area contributed by atoms with E-state index in [1.54, 1.807) is 11.0 Å². The fourth-order valence-corrected chi connectivity index (χ4v) is 4.04. The normalized spacial score (nSPS) is 23.0. The third-order valence-corrected chi connectivity index (χ3v) is 5.65. The monoisotopic (exact) mass is 368 g/mol. The summed E-state index contributed by atoms with van der Waals surface area (Å²) in [4.78, 5) is 6.83. The molecular formula is C17H27BrN3O+. The van der Waals surface area contributed by atoms with Crippen molar-refractivity contribution < 1.29 is 10.0 Å². The summed E-state index contributed by atoms with van der Waals surface area (Å²) >= 11 is 3.49. The van der Waals surface area contributed by atoms with Gasteiger partial charge in [-0.25, -0.2) is 0 Å². The second-order valence-electron chi connectivity index (χ2n) is 6.77. The summed E-state index contributed by atoms with van der Waals surface area (Å²) in [5, 5.41) is 9.99. The van der Waals surface area contributed by atoms with E-state index in [2.05, 4.69) is 32.8 Å². The van der Waals surface area contributed by atoms with Gasteiger partial charge in [0.25, 0.3) is 0 Å². The van der Waals surface area contributed by atoms with E-state index in [0.717, 1.165) is 35.7 Å². The van der Waals surface area contributed by atoms with Crippen LogP contribution in [-0.2, 0) is 6.54 Å². The van der Waals surface area contributed by atoms with Gasteiger partial charge in [0.05, 0.1) is 20.1 Å². The molecule has 1 aromatic carbocycles. The van der Waals surface area contributed by atoms with Crippen LogP contribution in [-0.4, -0.2) is 67.3 Å². The number of halogens is 1. The first-order valence-electron chi connectivity index (χ1n) is 8.37. The molecule has 0 aromatic heterocycles. The number of piperazine rings is 1. The average Bonchev–Trinajstić information content (AvgIpc) is 2.53. The van der Waals surface area contributed by atoms with Gasteiger partial charge in [0.2, 0.25) is 0 Å². The van der Waals surface area contributed by atoms with Crippen molar-refractivity contribution >= 4 is 15.9 Å². The van der Waals surface area contributed by atoms with E-state index < -0.39 is 0 Å². The van der Waals surface area contributed by atoms with Crippen molar-refractivity contribution in [3.05, 3.63) is 28.2 Å². The van der Waals surface area contributed by atoms with Gasteiger partial charge in [-0.15, -0.1) is 0 Å². The molecule has 0 aliphatic carbocycles. The lowest BCUT2D eigenvalue weighted by molar-refractivity contribution is -0.884. The largest absolute Gasteiger partial charge is 0.508 e. The molecule has 0 saturated carbocycles. The Bertz CT molecular complexity index is 495. The van der Waals surface area contributed by atoms with Crippen molar-refractivity contribution in [2.45, 2.75) is 25.4 Å². The van der Waals surface area contributed by atoms with E-state index >= 15 is 0 Å². The molecule has 0 unspecified atom stereocenters. The molecule has 0 radical (unpaired) electrons. The number of hydrogen-bond donors (Lipinski definition) is 2. The number of nitrogens with one attached hydrogen (secondary N) is 1. The van der Waals surface area contributed by atoms with Crippen LogP contribution in [0.5, 0.6) is 5.75 Å². The maximum absolute atomic E-state index is 9.99. The summed E-state index contributed by atoms with van der Waals surface area (Å²) in [6.07, 6.45) is 2.52. The number of likely N-dealkylation sites (tertiary alicyclic amines) is 1. The number of piperidine rings is 1. The molecule has 1 aromatic rings. The minimum absolute atomic E-state index is 0.410. The van der Waals surface area contributed by atoms with Gasteiger partial charge in [0, 0.05) is 35.7 Å². The molecule has 4 nitrogen and oxygen atoms in total. The highest BCUT2D eigenvalue weighted by atomic mass is 79.9. The number of rotatable bonds is 3. The van der Waals surface area contributed by atoms with Crippen LogP contribution in [0.4, 0.5) is 0 Å². The van der Waals surface area contributed by atoms with Gasteiger partial charge < -0.3 is 10.0 Å². The smallest absolute Gasteiger partial charge is 0.120 e. The SMILES string of the molecule is C[NH+]1CCN(C2CCN(Cc3cc(Br)ccc3O)CC2)CC1. The van der Waals surface area contributed by atoms with Gasteiger partial charge in [0.1, 0.15) is 5.75 Å². The van der Waals surface area contributed by atoms with Crippen LogP contribution in [0.25, 0.3) is 0 Å². The molecule has 0 bridgehead atoms. The average molecular weight is 369 g/mol. The highest BCUT2D eigenvalue weighted by Gasteiger charge is 2.28. The summed E-state index contributed by atoms with van der Waals surface area (Å²) in [5.74, 6) is 0.410. The predicted octanol–water partition coefficient (Wildman–Crippen LogP) is 0.949.